The molecule has 0 aromatic carbocycles. The van der Waals surface area contributed by atoms with Crippen molar-refractivity contribution in [3.8, 4) is 0 Å². The van der Waals surface area contributed by atoms with Crippen LogP contribution in [0.1, 0.15) is 71.1 Å². The molecule has 1 nitrogen and oxygen atoms in total. The van der Waals surface area contributed by atoms with Gasteiger partial charge in [0, 0.05) is 6.42 Å². The van der Waals surface area contributed by atoms with Crippen LogP contribution in [0, 0.1) is 0 Å². The van der Waals surface area contributed by atoms with Crippen molar-refractivity contribution in [2.24, 2.45) is 0 Å². The van der Waals surface area contributed by atoms with Gasteiger partial charge in [0.1, 0.15) is 0 Å². The lowest BCUT2D eigenvalue weighted by molar-refractivity contribution is 0.546. The van der Waals surface area contributed by atoms with E-state index in [4.69, 9.17) is 0 Å². The number of thioether (sulfide) groups is 1. The zero-order valence-electron chi connectivity index (χ0n) is 10.8. The van der Waals surface area contributed by atoms with E-state index in [-0.39, 0.29) is 0 Å². The summed E-state index contributed by atoms with van der Waals surface area (Å²) in [5.41, 5.74) is 0. The second-order valence-corrected chi connectivity index (χ2v) is 5.56. The molecule has 0 aliphatic rings. The first-order chi connectivity index (χ1) is 7.91. The third-order valence-electron chi connectivity index (χ3n) is 2.71. The number of hydrogen-bond donors (Lipinski definition) is 0. The summed E-state index contributed by atoms with van der Waals surface area (Å²) in [4.78, 5) is 9.96. The van der Waals surface area contributed by atoms with E-state index in [0.717, 1.165) is 6.42 Å². The summed E-state index contributed by atoms with van der Waals surface area (Å²) < 4.78 is 0. The highest BCUT2D eigenvalue weighted by atomic mass is 32.2. The van der Waals surface area contributed by atoms with Crippen LogP contribution in [0.4, 0.5) is 0 Å². The third kappa shape index (κ3) is 14.0. The van der Waals surface area contributed by atoms with Crippen LogP contribution in [-0.4, -0.2) is 17.8 Å². The van der Waals surface area contributed by atoms with Gasteiger partial charge in [-0.2, -0.15) is 11.8 Å². The zero-order chi connectivity index (χ0) is 11.9. The third-order valence-corrected chi connectivity index (χ3v) is 3.86. The largest absolute Gasteiger partial charge is 0.291 e. The van der Waals surface area contributed by atoms with Gasteiger partial charge in [-0.3, -0.25) is 4.79 Å². The molecule has 0 N–H and O–H groups in total. The highest BCUT2D eigenvalue weighted by Crippen LogP contribution is 2.12. The minimum Gasteiger partial charge on any atom is -0.291 e. The molecule has 0 aliphatic heterocycles. The zero-order valence-corrected chi connectivity index (χ0v) is 11.6. The smallest absolute Gasteiger partial charge is 0.198 e. The molecule has 2 heteroatoms. The molecule has 1 radical (unpaired) electrons. The second-order valence-electron chi connectivity index (χ2n) is 4.34. The highest BCUT2D eigenvalue weighted by Gasteiger charge is 1.93. The first kappa shape index (κ1) is 16.0. The predicted octanol–water partition coefficient (Wildman–Crippen LogP) is 4.75. The van der Waals surface area contributed by atoms with Crippen LogP contribution in [0.25, 0.3) is 0 Å². The predicted molar refractivity (Wildman–Crippen MR) is 74.9 cm³/mol. The van der Waals surface area contributed by atoms with E-state index in [1.54, 1.807) is 0 Å². The van der Waals surface area contributed by atoms with E-state index in [2.05, 4.69) is 18.7 Å². The number of carbonyl (C=O) groups excluding carboxylic acids is 1. The Balaban J connectivity index is 2.85. The lowest BCUT2D eigenvalue weighted by atomic mass is 10.1. The molecule has 0 aliphatic carbocycles. The Morgan fingerprint density at radius 2 is 1.38 bits per heavy atom. The Morgan fingerprint density at radius 3 is 2.00 bits per heavy atom. The average molecular weight is 243 g/mol. The molecule has 0 saturated carbocycles. The Morgan fingerprint density at radius 1 is 0.812 bits per heavy atom. The van der Waals surface area contributed by atoms with Gasteiger partial charge in [-0.25, -0.2) is 0 Å². The summed E-state index contributed by atoms with van der Waals surface area (Å²) in [5.74, 6) is 2.60. The molecule has 0 fully saturated rings. The summed E-state index contributed by atoms with van der Waals surface area (Å²) in [7, 11) is 0. The summed E-state index contributed by atoms with van der Waals surface area (Å²) in [6.07, 6.45) is 14.4. The Labute approximate surface area is 106 Å². The molecule has 0 amide bonds. The summed E-state index contributed by atoms with van der Waals surface area (Å²) in [5, 5.41) is 0. The van der Waals surface area contributed by atoms with Gasteiger partial charge in [-0.15, -0.1) is 0 Å². The van der Waals surface area contributed by atoms with E-state index >= 15 is 0 Å². The molecule has 0 aromatic heterocycles. The molecule has 0 bridgehead atoms. The van der Waals surface area contributed by atoms with Gasteiger partial charge in [-0.1, -0.05) is 45.4 Å². The maximum atomic E-state index is 9.96. The van der Waals surface area contributed by atoms with Crippen LogP contribution < -0.4 is 0 Å². The van der Waals surface area contributed by atoms with Gasteiger partial charge >= 0.3 is 0 Å². The van der Waals surface area contributed by atoms with Crippen molar-refractivity contribution in [2.75, 3.05) is 11.5 Å². The van der Waals surface area contributed by atoms with Crippen molar-refractivity contribution in [1.82, 2.24) is 0 Å². The van der Waals surface area contributed by atoms with Gasteiger partial charge in [0.25, 0.3) is 0 Å². The van der Waals surface area contributed by atoms with Crippen LogP contribution in [0.5, 0.6) is 0 Å². The van der Waals surface area contributed by atoms with Crippen LogP contribution in [0.15, 0.2) is 0 Å². The van der Waals surface area contributed by atoms with Crippen molar-refractivity contribution >= 4 is 18.0 Å². The van der Waals surface area contributed by atoms with Gasteiger partial charge < -0.3 is 0 Å². The fraction of sp³-hybridized carbons (Fsp3) is 0.929. The Kier molecular flexibility index (Phi) is 15.0. The molecule has 0 aromatic rings. The maximum Gasteiger partial charge on any atom is 0.198 e. The molecular formula is C14H27OS. The Bertz CT molecular complexity index is 137. The van der Waals surface area contributed by atoms with Crippen LogP contribution in [0.2, 0.25) is 0 Å². The van der Waals surface area contributed by atoms with Gasteiger partial charge in [0.2, 0.25) is 0 Å². The molecule has 0 saturated heterocycles. The van der Waals surface area contributed by atoms with Crippen LogP contribution in [0.3, 0.4) is 0 Å². The average Bonchev–Trinajstić information content (AvgIpc) is 2.31. The van der Waals surface area contributed by atoms with Gasteiger partial charge in [0.05, 0.1) is 0 Å². The van der Waals surface area contributed by atoms with Crippen LogP contribution in [-0.2, 0) is 4.79 Å². The van der Waals surface area contributed by atoms with E-state index in [1.165, 1.54) is 62.9 Å². The fourth-order valence-corrected chi connectivity index (χ4v) is 2.69. The minimum absolute atomic E-state index is 0.627. The molecule has 0 heterocycles. The summed E-state index contributed by atoms with van der Waals surface area (Å²) in [6, 6.07) is 0. The number of hydrogen-bond acceptors (Lipinski definition) is 2. The lowest BCUT2D eigenvalue weighted by Gasteiger charge is -2.01. The molecule has 0 atom stereocenters. The molecular weight excluding hydrogens is 216 g/mol. The van der Waals surface area contributed by atoms with Gasteiger partial charge in [0.15, 0.2) is 6.29 Å². The second kappa shape index (κ2) is 15.0. The minimum atomic E-state index is 0.627. The molecule has 16 heavy (non-hydrogen) atoms. The monoisotopic (exact) mass is 243 g/mol. The number of unbranched alkanes of at least 4 members (excludes halogenated alkanes) is 8. The first-order valence-electron chi connectivity index (χ1n) is 6.84. The summed E-state index contributed by atoms with van der Waals surface area (Å²) >= 11 is 2.08. The van der Waals surface area contributed by atoms with Crippen LogP contribution >= 0.6 is 11.8 Å². The van der Waals surface area contributed by atoms with Crippen molar-refractivity contribution in [3.05, 3.63) is 0 Å². The Hall–Kier alpha value is 0.0200. The molecule has 0 spiro atoms. The maximum absolute atomic E-state index is 9.96. The quantitative estimate of drug-likeness (QED) is 0.434. The van der Waals surface area contributed by atoms with Gasteiger partial charge in [-0.05, 0) is 30.8 Å². The standard InChI is InChI=1S/C14H27OS/c1-2-3-4-5-7-10-13-16-14-11-8-6-9-12-15/h2-11,13-14H2,1H3. The van der Waals surface area contributed by atoms with Crippen molar-refractivity contribution in [1.29, 1.82) is 0 Å². The molecule has 0 rings (SSSR count). The van der Waals surface area contributed by atoms with E-state index < -0.39 is 0 Å². The normalized spacial score (nSPS) is 10.6. The first-order valence-corrected chi connectivity index (χ1v) is 8.00. The highest BCUT2D eigenvalue weighted by molar-refractivity contribution is 7.99. The SMILES string of the molecule is CCCCCCCCSCCCCC[C]=O. The number of rotatable bonds is 13. The lowest BCUT2D eigenvalue weighted by Crippen LogP contribution is -1.86. The topological polar surface area (TPSA) is 17.1 Å². The van der Waals surface area contributed by atoms with Crippen molar-refractivity contribution < 1.29 is 4.79 Å². The molecule has 95 valence electrons. The van der Waals surface area contributed by atoms with E-state index in [9.17, 15) is 4.79 Å². The van der Waals surface area contributed by atoms with Crippen molar-refractivity contribution in [2.45, 2.75) is 71.1 Å². The summed E-state index contributed by atoms with van der Waals surface area (Å²) in [6.45, 7) is 2.26. The molecule has 0 unspecified atom stereocenters. The van der Waals surface area contributed by atoms with Crippen molar-refractivity contribution in [3.63, 3.8) is 0 Å². The van der Waals surface area contributed by atoms with E-state index in [0.29, 0.717) is 6.42 Å². The van der Waals surface area contributed by atoms with E-state index in [1.807, 2.05) is 6.29 Å². The fourth-order valence-electron chi connectivity index (χ4n) is 1.66.